The van der Waals surface area contributed by atoms with Gasteiger partial charge in [0.1, 0.15) is 5.76 Å². The number of nitrogens with zero attached hydrogens (tertiary/aromatic N) is 1. The number of allylic oxidation sites excluding steroid dienone is 2. The van der Waals surface area contributed by atoms with E-state index < -0.39 is 0 Å². The molecule has 0 fully saturated rings. The minimum Gasteiger partial charge on any atom is -0.495 e. The van der Waals surface area contributed by atoms with Gasteiger partial charge in [0.05, 0.1) is 7.11 Å². The van der Waals surface area contributed by atoms with Gasteiger partial charge in [0, 0.05) is 24.4 Å². The predicted octanol–water partition coefficient (Wildman–Crippen LogP) is 4.52. The molecular weight excluding hydrogens is 270 g/mol. The fourth-order valence-corrected chi connectivity index (χ4v) is 3.40. The number of hydrogen-bond donors (Lipinski definition) is 0. The summed E-state index contributed by atoms with van der Waals surface area (Å²) in [4.78, 5) is 2.35. The number of fused-ring (bicyclic) bond motifs is 1. The van der Waals surface area contributed by atoms with Crippen molar-refractivity contribution in [3.05, 3.63) is 71.3 Å². The summed E-state index contributed by atoms with van der Waals surface area (Å²) < 4.78 is 5.38. The Kier molecular flexibility index (Phi) is 3.86. The summed E-state index contributed by atoms with van der Waals surface area (Å²) in [6.45, 7) is 8.06. The quantitative estimate of drug-likeness (QED) is 0.813. The molecule has 2 aliphatic heterocycles. The van der Waals surface area contributed by atoms with Crippen molar-refractivity contribution in [1.82, 2.24) is 4.90 Å². The summed E-state index contributed by atoms with van der Waals surface area (Å²) in [5.41, 5.74) is 4.53. The van der Waals surface area contributed by atoms with E-state index in [1.54, 1.807) is 12.7 Å². The van der Waals surface area contributed by atoms with Crippen LogP contribution in [0.1, 0.15) is 26.3 Å². The summed E-state index contributed by atoms with van der Waals surface area (Å²) in [6.07, 6.45) is 7.44. The molecule has 0 spiro atoms. The van der Waals surface area contributed by atoms with Crippen molar-refractivity contribution in [2.75, 3.05) is 13.7 Å². The topological polar surface area (TPSA) is 12.5 Å². The highest BCUT2D eigenvalue weighted by molar-refractivity contribution is 5.42. The Morgan fingerprint density at radius 2 is 1.86 bits per heavy atom. The number of rotatable bonds is 3. The van der Waals surface area contributed by atoms with E-state index in [2.05, 4.69) is 74.4 Å². The van der Waals surface area contributed by atoms with Gasteiger partial charge in [-0.15, -0.1) is 0 Å². The molecule has 1 aromatic rings. The van der Waals surface area contributed by atoms with Crippen LogP contribution in [-0.2, 0) is 11.2 Å². The molecule has 0 N–H and O–H groups in total. The molecule has 1 aromatic carbocycles. The molecule has 0 radical (unpaired) electrons. The zero-order chi connectivity index (χ0) is 15.7. The first-order valence-corrected chi connectivity index (χ1v) is 7.96. The molecule has 2 aliphatic rings. The van der Waals surface area contributed by atoms with Crippen LogP contribution in [0.15, 0.2) is 65.7 Å². The molecule has 2 heteroatoms. The molecule has 1 atom stereocenters. The lowest BCUT2D eigenvalue weighted by Crippen LogP contribution is -2.27. The highest BCUT2D eigenvalue weighted by Gasteiger charge is 2.37. The van der Waals surface area contributed by atoms with E-state index in [-0.39, 0.29) is 5.41 Å². The van der Waals surface area contributed by atoms with Crippen LogP contribution in [0.5, 0.6) is 0 Å². The van der Waals surface area contributed by atoms with E-state index >= 15 is 0 Å². The molecule has 0 amide bonds. The first kappa shape index (κ1) is 15.0. The Bertz CT molecular complexity index is 631. The molecule has 0 aromatic heterocycles. The molecule has 3 rings (SSSR count). The van der Waals surface area contributed by atoms with Gasteiger partial charge in [0.2, 0.25) is 0 Å². The largest absolute Gasteiger partial charge is 0.495 e. The third-order valence-electron chi connectivity index (χ3n) is 4.65. The van der Waals surface area contributed by atoms with Crippen LogP contribution >= 0.6 is 0 Å². The zero-order valence-electron chi connectivity index (χ0n) is 14.0. The second-order valence-corrected chi connectivity index (χ2v) is 7.21. The van der Waals surface area contributed by atoms with Gasteiger partial charge in [-0.25, -0.2) is 0 Å². The van der Waals surface area contributed by atoms with Gasteiger partial charge in [0.15, 0.2) is 0 Å². The van der Waals surface area contributed by atoms with E-state index in [0.29, 0.717) is 5.92 Å². The van der Waals surface area contributed by atoms with Gasteiger partial charge in [-0.1, -0.05) is 51.1 Å². The molecular formula is C20H25NO. The average Bonchev–Trinajstić information content (AvgIpc) is 2.86. The lowest BCUT2D eigenvalue weighted by atomic mass is 9.75. The highest BCUT2D eigenvalue weighted by Crippen LogP contribution is 2.43. The van der Waals surface area contributed by atoms with Crippen molar-refractivity contribution in [2.45, 2.75) is 27.2 Å². The fourth-order valence-electron chi connectivity index (χ4n) is 3.40. The van der Waals surface area contributed by atoms with Gasteiger partial charge >= 0.3 is 0 Å². The number of ether oxygens (including phenoxy) is 1. The third kappa shape index (κ3) is 2.83. The Morgan fingerprint density at radius 3 is 2.50 bits per heavy atom. The van der Waals surface area contributed by atoms with Crippen LogP contribution in [0, 0.1) is 11.3 Å². The normalized spacial score (nSPS) is 21.0. The van der Waals surface area contributed by atoms with Crippen molar-refractivity contribution in [2.24, 2.45) is 11.3 Å². The Morgan fingerprint density at radius 1 is 1.14 bits per heavy atom. The van der Waals surface area contributed by atoms with E-state index in [1.165, 1.54) is 11.3 Å². The second kappa shape index (κ2) is 5.68. The summed E-state index contributed by atoms with van der Waals surface area (Å²) in [5.74, 6) is 1.48. The molecule has 0 saturated heterocycles. The predicted molar refractivity (Wildman–Crippen MR) is 91.1 cm³/mol. The van der Waals surface area contributed by atoms with Crippen LogP contribution in [0.2, 0.25) is 0 Å². The minimum atomic E-state index is 0.253. The molecule has 0 aliphatic carbocycles. The summed E-state index contributed by atoms with van der Waals surface area (Å²) in [5, 5.41) is 0. The van der Waals surface area contributed by atoms with Crippen LogP contribution < -0.4 is 0 Å². The van der Waals surface area contributed by atoms with Gasteiger partial charge < -0.3 is 9.64 Å². The summed E-state index contributed by atoms with van der Waals surface area (Å²) >= 11 is 0. The molecule has 2 nitrogen and oxygen atoms in total. The SMILES string of the molecule is COC1=CN2CC(C(C)(C)C)C(Cc3ccccc3)=C2C=C1. The van der Waals surface area contributed by atoms with Crippen LogP contribution in [-0.4, -0.2) is 18.6 Å². The first-order chi connectivity index (χ1) is 10.5. The lowest BCUT2D eigenvalue weighted by molar-refractivity contribution is 0.249. The van der Waals surface area contributed by atoms with E-state index in [4.69, 9.17) is 4.74 Å². The Balaban J connectivity index is 1.97. The third-order valence-corrected chi connectivity index (χ3v) is 4.65. The molecule has 1 unspecified atom stereocenters. The number of hydrogen-bond acceptors (Lipinski definition) is 2. The molecule has 0 saturated carbocycles. The summed E-state index contributed by atoms with van der Waals surface area (Å²) in [6, 6.07) is 10.8. The van der Waals surface area contributed by atoms with E-state index in [0.717, 1.165) is 18.7 Å². The van der Waals surface area contributed by atoms with Crippen LogP contribution in [0.25, 0.3) is 0 Å². The van der Waals surface area contributed by atoms with Crippen molar-refractivity contribution in [1.29, 1.82) is 0 Å². The monoisotopic (exact) mass is 295 g/mol. The van der Waals surface area contributed by atoms with Crippen molar-refractivity contribution >= 4 is 0 Å². The number of methoxy groups -OCH3 is 1. The maximum Gasteiger partial charge on any atom is 0.135 e. The molecule has 22 heavy (non-hydrogen) atoms. The van der Waals surface area contributed by atoms with Crippen LogP contribution in [0.4, 0.5) is 0 Å². The minimum absolute atomic E-state index is 0.253. The standard InChI is InChI=1S/C20H25NO/c1-20(2,3)18-14-21-13-16(22-4)10-11-19(21)17(18)12-15-8-6-5-7-9-15/h5-11,13,18H,12,14H2,1-4H3. The number of benzene rings is 1. The zero-order valence-corrected chi connectivity index (χ0v) is 14.0. The maximum atomic E-state index is 5.38. The van der Waals surface area contributed by atoms with Gasteiger partial charge in [0.25, 0.3) is 0 Å². The molecule has 2 heterocycles. The Labute approximate surface area is 133 Å². The maximum absolute atomic E-state index is 5.38. The molecule has 116 valence electrons. The van der Waals surface area contributed by atoms with E-state index in [9.17, 15) is 0 Å². The summed E-state index contributed by atoms with van der Waals surface area (Å²) in [7, 11) is 1.73. The van der Waals surface area contributed by atoms with E-state index in [1.807, 2.05) is 0 Å². The van der Waals surface area contributed by atoms with Crippen molar-refractivity contribution in [3.8, 4) is 0 Å². The van der Waals surface area contributed by atoms with Gasteiger partial charge in [-0.2, -0.15) is 0 Å². The molecule has 0 bridgehead atoms. The first-order valence-electron chi connectivity index (χ1n) is 7.96. The second-order valence-electron chi connectivity index (χ2n) is 7.21. The highest BCUT2D eigenvalue weighted by atomic mass is 16.5. The smallest absolute Gasteiger partial charge is 0.135 e. The lowest BCUT2D eigenvalue weighted by Gasteiger charge is -2.30. The van der Waals surface area contributed by atoms with Gasteiger partial charge in [-0.05, 0) is 35.1 Å². The fraction of sp³-hybridized carbons (Fsp3) is 0.400. The van der Waals surface area contributed by atoms with Crippen molar-refractivity contribution < 1.29 is 4.74 Å². The van der Waals surface area contributed by atoms with Crippen LogP contribution in [0.3, 0.4) is 0 Å². The van der Waals surface area contributed by atoms with Crippen molar-refractivity contribution in [3.63, 3.8) is 0 Å². The van der Waals surface area contributed by atoms with Gasteiger partial charge in [-0.3, -0.25) is 0 Å². The Hall–Kier alpha value is -1.96. The average molecular weight is 295 g/mol.